The van der Waals surface area contributed by atoms with Gasteiger partial charge in [-0.25, -0.2) is 4.79 Å². The van der Waals surface area contributed by atoms with Crippen LogP contribution in [0.1, 0.15) is 24.0 Å². The maximum absolute atomic E-state index is 10.1. The van der Waals surface area contributed by atoms with Crippen molar-refractivity contribution in [2.24, 2.45) is 0 Å². The van der Waals surface area contributed by atoms with Crippen molar-refractivity contribution in [2.45, 2.75) is 32.7 Å². The summed E-state index contributed by atoms with van der Waals surface area (Å²) in [5, 5.41) is 16.1. The average Bonchev–Trinajstić information content (AvgIpc) is 3.45. The van der Waals surface area contributed by atoms with Crippen molar-refractivity contribution in [1.29, 1.82) is 0 Å². The van der Waals surface area contributed by atoms with Gasteiger partial charge in [0, 0.05) is 24.7 Å². The molecule has 25 heavy (non-hydrogen) atoms. The Morgan fingerprint density at radius 2 is 1.88 bits per heavy atom. The molecule has 0 saturated heterocycles. The van der Waals surface area contributed by atoms with Gasteiger partial charge in [0.25, 0.3) is 0 Å². The van der Waals surface area contributed by atoms with Crippen LogP contribution in [0.3, 0.4) is 0 Å². The van der Waals surface area contributed by atoms with E-state index >= 15 is 0 Å². The lowest BCUT2D eigenvalue weighted by molar-refractivity contribution is -0.142. The smallest absolute Gasteiger partial charge is 0.329 e. The third-order valence-corrected chi connectivity index (χ3v) is 3.93. The molecule has 0 aromatic heterocycles. The Balaban J connectivity index is 0. The van der Waals surface area contributed by atoms with Gasteiger partial charge in [-0.1, -0.05) is 23.7 Å². The monoisotopic (exact) mass is 375 g/mol. The van der Waals surface area contributed by atoms with Gasteiger partial charge in [-0.2, -0.15) is 0 Å². The zero-order chi connectivity index (χ0) is 19.8. The molecule has 144 valence electrons. The summed E-state index contributed by atoms with van der Waals surface area (Å²) in [4.78, 5) is 20.3. The van der Waals surface area contributed by atoms with Gasteiger partial charge < -0.3 is 24.6 Å². The lowest BCUT2D eigenvalue weighted by Crippen LogP contribution is -2.26. The number of hydrogen-bond donors (Lipinski definition) is 2. The van der Waals surface area contributed by atoms with E-state index in [0.717, 1.165) is 24.7 Å². The van der Waals surface area contributed by atoms with Gasteiger partial charge in [0.1, 0.15) is 13.4 Å². The molecule has 7 heteroatoms. The summed E-state index contributed by atoms with van der Waals surface area (Å²) in [6.07, 6.45) is 2.55. The number of aryl methyl sites for hydroxylation is 1. The molecule has 0 aliphatic heterocycles. The average molecular weight is 376 g/mol. The predicted octanol–water partition coefficient (Wildman–Crippen LogP) is 2.56. The molecule has 0 unspecified atom stereocenters. The van der Waals surface area contributed by atoms with Crippen LogP contribution in [-0.4, -0.2) is 67.8 Å². The molecule has 1 fully saturated rings. The molecule has 0 bridgehead atoms. The number of halogens is 1. The minimum absolute atomic E-state index is 0.182. The minimum Gasteiger partial charge on any atom is -0.480 e. The Kier molecular flexibility index (Phi) is 16.5. The lowest BCUT2D eigenvalue weighted by Gasteiger charge is -2.14. The molecule has 0 atom stereocenters. The zero-order valence-corrected chi connectivity index (χ0v) is 16.3. The highest BCUT2D eigenvalue weighted by molar-refractivity contribution is 6.31. The Morgan fingerprint density at radius 1 is 1.32 bits per heavy atom. The van der Waals surface area contributed by atoms with Crippen LogP contribution in [0, 0.1) is 13.8 Å². The van der Waals surface area contributed by atoms with Gasteiger partial charge >= 0.3 is 5.97 Å². The quantitative estimate of drug-likeness (QED) is 0.743. The van der Waals surface area contributed by atoms with Gasteiger partial charge in [-0.15, -0.1) is 0 Å². The first-order valence-electron chi connectivity index (χ1n) is 7.87. The maximum Gasteiger partial charge on any atom is 0.329 e. The number of carboxylic acid groups (broad SMARTS) is 1. The van der Waals surface area contributed by atoms with Crippen LogP contribution in [0.5, 0.6) is 0 Å². The summed E-state index contributed by atoms with van der Waals surface area (Å²) in [6.45, 7) is 7.24. The van der Waals surface area contributed by atoms with Crippen LogP contribution in [0.4, 0.5) is 0 Å². The summed E-state index contributed by atoms with van der Waals surface area (Å²) in [6, 6.07) is 6.65. The second-order valence-electron chi connectivity index (χ2n) is 5.34. The molecule has 0 heterocycles. The van der Waals surface area contributed by atoms with Crippen molar-refractivity contribution in [1.82, 2.24) is 4.90 Å². The SMILES string of the molecule is C=O.CN(CCOCC(=O)O)C1CC1.CO.Cc1cccc(Cl)c1C. The number of benzene rings is 1. The van der Waals surface area contributed by atoms with Crippen LogP contribution >= 0.6 is 11.6 Å². The Morgan fingerprint density at radius 3 is 2.28 bits per heavy atom. The molecule has 1 aromatic carbocycles. The van der Waals surface area contributed by atoms with E-state index in [0.29, 0.717) is 6.61 Å². The Labute approximate surface area is 155 Å². The largest absolute Gasteiger partial charge is 0.480 e. The molecular weight excluding hydrogens is 346 g/mol. The van der Waals surface area contributed by atoms with Crippen LogP contribution in [0.2, 0.25) is 5.02 Å². The summed E-state index contributed by atoms with van der Waals surface area (Å²) in [7, 11) is 3.04. The number of ether oxygens (including phenoxy) is 1. The number of aliphatic carboxylic acids is 1. The van der Waals surface area contributed by atoms with E-state index in [2.05, 4.69) is 17.9 Å². The molecule has 1 saturated carbocycles. The number of aliphatic hydroxyl groups excluding tert-OH is 1. The van der Waals surface area contributed by atoms with Crippen LogP contribution in [0.25, 0.3) is 0 Å². The normalized spacial score (nSPS) is 12.0. The molecular formula is C18H30ClNO5. The minimum atomic E-state index is -0.899. The van der Waals surface area contributed by atoms with E-state index in [4.69, 9.17) is 31.3 Å². The third-order valence-electron chi connectivity index (χ3n) is 3.52. The molecule has 1 aromatic rings. The topological polar surface area (TPSA) is 87.1 Å². The predicted molar refractivity (Wildman–Crippen MR) is 100 cm³/mol. The number of hydrogen-bond acceptors (Lipinski definition) is 5. The van der Waals surface area contributed by atoms with Gasteiger partial charge in [0.15, 0.2) is 0 Å². The summed E-state index contributed by atoms with van der Waals surface area (Å²) in [5.74, 6) is -0.899. The standard InChI is InChI=1S/C8H9Cl.C8H15NO3.CH4O.CH2O/c1-6-4-3-5-8(9)7(6)2;1-9(7-2-3-7)4-5-12-6-8(10)11;2*1-2/h3-5H,1-2H3;7H,2-6H2,1H3,(H,10,11);2H,1H3;1H2. The fourth-order valence-corrected chi connectivity index (χ4v) is 2.00. The number of likely N-dealkylation sites (N-methyl/N-ethyl adjacent to an activating group) is 1. The first-order chi connectivity index (χ1) is 11.9. The summed E-state index contributed by atoms with van der Waals surface area (Å²) < 4.78 is 4.90. The second kappa shape index (κ2) is 16.0. The van der Waals surface area contributed by atoms with Crippen molar-refractivity contribution in [2.75, 3.05) is 33.9 Å². The molecule has 6 nitrogen and oxygen atoms in total. The van der Waals surface area contributed by atoms with Gasteiger partial charge in [0.2, 0.25) is 0 Å². The Bertz CT molecular complexity index is 460. The van der Waals surface area contributed by atoms with E-state index in [9.17, 15) is 4.79 Å². The number of carboxylic acids is 1. The molecule has 1 aliphatic carbocycles. The zero-order valence-electron chi connectivity index (χ0n) is 15.5. The number of aliphatic hydroxyl groups is 1. The van der Waals surface area contributed by atoms with E-state index in [1.165, 1.54) is 24.0 Å². The lowest BCUT2D eigenvalue weighted by atomic mass is 10.1. The van der Waals surface area contributed by atoms with Gasteiger partial charge in [-0.05, 0) is 50.9 Å². The van der Waals surface area contributed by atoms with Crippen LogP contribution in [0.15, 0.2) is 18.2 Å². The maximum atomic E-state index is 10.1. The fourth-order valence-electron chi connectivity index (χ4n) is 1.78. The van der Waals surface area contributed by atoms with Crippen LogP contribution < -0.4 is 0 Å². The second-order valence-corrected chi connectivity index (χ2v) is 5.75. The van der Waals surface area contributed by atoms with E-state index in [1.807, 2.05) is 32.9 Å². The van der Waals surface area contributed by atoms with E-state index in [1.54, 1.807) is 0 Å². The van der Waals surface area contributed by atoms with Crippen molar-refractivity contribution in [3.8, 4) is 0 Å². The highest BCUT2D eigenvalue weighted by Crippen LogP contribution is 2.24. The van der Waals surface area contributed by atoms with E-state index < -0.39 is 5.97 Å². The van der Waals surface area contributed by atoms with Crippen molar-refractivity contribution >= 4 is 24.4 Å². The van der Waals surface area contributed by atoms with Crippen molar-refractivity contribution in [3.63, 3.8) is 0 Å². The van der Waals surface area contributed by atoms with E-state index in [-0.39, 0.29) is 6.61 Å². The third kappa shape index (κ3) is 13.5. The first-order valence-corrected chi connectivity index (χ1v) is 8.24. The highest BCUT2D eigenvalue weighted by Gasteiger charge is 2.25. The number of carbonyl (C=O) groups excluding carboxylic acids is 1. The van der Waals surface area contributed by atoms with Crippen molar-refractivity contribution in [3.05, 3.63) is 34.3 Å². The van der Waals surface area contributed by atoms with Crippen molar-refractivity contribution < 1.29 is 24.5 Å². The summed E-state index contributed by atoms with van der Waals surface area (Å²) in [5.41, 5.74) is 2.43. The molecule has 0 radical (unpaired) electrons. The number of carbonyl (C=O) groups is 2. The summed E-state index contributed by atoms with van der Waals surface area (Å²) >= 11 is 5.81. The molecule has 0 amide bonds. The molecule has 1 aliphatic rings. The highest BCUT2D eigenvalue weighted by atomic mass is 35.5. The first kappa shape index (κ1) is 25.8. The number of rotatable bonds is 6. The molecule has 2 N–H and O–H groups in total. The molecule has 0 spiro atoms. The fraction of sp³-hybridized carbons (Fsp3) is 0.556. The van der Waals surface area contributed by atoms with Gasteiger partial charge in [0.05, 0.1) is 6.61 Å². The number of nitrogens with zero attached hydrogens (tertiary/aromatic N) is 1. The van der Waals surface area contributed by atoms with Crippen LogP contribution in [-0.2, 0) is 14.3 Å². The Hall–Kier alpha value is -1.47. The molecule has 2 rings (SSSR count). The van der Waals surface area contributed by atoms with Gasteiger partial charge in [-0.3, -0.25) is 0 Å².